The smallest absolute Gasteiger partial charge is 0.128 e. The highest BCUT2D eigenvalue weighted by atomic mass is 16.3. The van der Waals surface area contributed by atoms with Crippen LogP contribution in [0.1, 0.15) is 48.9 Å². The van der Waals surface area contributed by atoms with Gasteiger partial charge in [-0.25, -0.2) is 4.98 Å². The number of piperidine rings is 4. The lowest BCUT2D eigenvalue weighted by atomic mass is 9.66. The van der Waals surface area contributed by atoms with E-state index in [0.29, 0.717) is 6.42 Å². The number of aromatic nitrogens is 1. The van der Waals surface area contributed by atoms with Gasteiger partial charge >= 0.3 is 0 Å². The number of pyridine rings is 1. The van der Waals surface area contributed by atoms with Crippen LogP contribution in [0.3, 0.4) is 0 Å². The van der Waals surface area contributed by atoms with Gasteiger partial charge in [-0.3, -0.25) is 4.90 Å². The van der Waals surface area contributed by atoms with Gasteiger partial charge < -0.3 is 10.0 Å². The molecule has 4 fully saturated rings. The second kappa shape index (κ2) is 8.06. The Bertz CT molecular complexity index is 923. The SMILES string of the molecule is C#CC1N2CCC(CC2)C1(O)c1ccc(N2CCCCC2)nc1Cc1ccccc1. The van der Waals surface area contributed by atoms with Gasteiger partial charge in [0.2, 0.25) is 0 Å². The van der Waals surface area contributed by atoms with Crippen LogP contribution in [-0.2, 0) is 12.0 Å². The van der Waals surface area contributed by atoms with Gasteiger partial charge in [-0.15, -0.1) is 6.42 Å². The first-order valence-electron chi connectivity index (χ1n) is 11.4. The number of nitrogens with zero attached hydrogens (tertiary/aromatic N) is 3. The van der Waals surface area contributed by atoms with Gasteiger partial charge in [0.1, 0.15) is 17.5 Å². The molecule has 2 bridgehead atoms. The molecule has 4 nitrogen and oxygen atoms in total. The molecule has 1 N–H and O–H groups in total. The van der Waals surface area contributed by atoms with Crippen molar-refractivity contribution in [2.24, 2.45) is 5.92 Å². The van der Waals surface area contributed by atoms with Crippen LogP contribution in [0.15, 0.2) is 42.5 Å². The van der Waals surface area contributed by atoms with Gasteiger partial charge in [-0.05, 0) is 62.7 Å². The van der Waals surface area contributed by atoms with Gasteiger partial charge in [0.25, 0.3) is 0 Å². The molecule has 6 rings (SSSR count). The molecule has 0 spiro atoms. The predicted octanol–water partition coefficient (Wildman–Crippen LogP) is 3.58. The van der Waals surface area contributed by atoms with Crippen LogP contribution in [0, 0.1) is 18.3 Å². The van der Waals surface area contributed by atoms with E-state index < -0.39 is 5.60 Å². The van der Waals surface area contributed by atoms with E-state index in [1.54, 1.807) is 0 Å². The lowest BCUT2D eigenvalue weighted by Gasteiger charge is -2.54. The molecule has 1 aromatic carbocycles. The van der Waals surface area contributed by atoms with Crippen molar-refractivity contribution in [2.75, 3.05) is 31.1 Å². The number of hydrogen-bond acceptors (Lipinski definition) is 4. The third kappa shape index (κ3) is 3.31. The highest BCUT2D eigenvalue weighted by Crippen LogP contribution is 2.47. The van der Waals surface area contributed by atoms with Gasteiger partial charge in [0.05, 0.1) is 5.69 Å². The van der Waals surface area contributed by atoms with E-state index in [4.69, 9.17) is 11.4 Å². The summed E-state index contributed by atoms with van der Waals surface area (Å²) in [5.74, 6) is 4.16. The molecular weight excluding hydrogens is 370 g/mol. The molecule has 4 saturated heterocycles. The zero-order valence-corrected chi connectivity index (χ0v) is 17.6. The number of aliphatic hydroxyl groups is 1. The topological polar surface area (TPSA) is 39.6 Å². The van der Waals surface area contributed by atoms with Crippen LogP contribution in [-0.4, -0.2) is 47.2 Å². The molecule has 0 saturated carbocycles. The number of terminal acetylenes is 1. The number of anilines is 1. The van der Waals surface area contributed by atoms with Crippen LogP contribution in [0.5, 0.6) is 0 Å². The highest BCUT2D eigenvalue weighted by Gasteiger charge is 2.54. The zero-order chi connectivity index (χ0) is 20.6. The van der Waals surface area contributed by atoms with Gasteiger partial charge in [0.15, 0.2) is 0 Å². The number of rotatable bonds is 4. The third-order valence-electron chi connectivity index (χ3n) is 7.38. The molecule has 4 aliphatic heterocycles. The van der Waals surface area contributed by atoms with Crippen LogP contribution in [0.25, 0.3) is 0 Å². The molecule has 2 aromatic rings. The highest BCUT2D eigenvalue weighted by molar-refractivity contribution is 5.47. The Morgan fingerprint density at radius 3 is 2.43 bits per heavy atom. The van der Waals surface area contributed by atoms with Crippen molar-refractivity contribution in [3.05, 3.63) is 59.3 Å². The fourth-order valence-corrected chi connectivity index (χ4v) is 5.78. The molecule has 0 amide bonds. The van der Waals surface area contributed by atoms with Crippen molar-refractivity contribution >= 4 is 5.82 Å². The molecule has 2 unspecified atom stereocenters. The summed E-state index contributed by atoms with van der Waals surface area (Å²) in [6.07, 6.45) is 12.4. The standard InChI is InChI=1S/C26H31N3O/c1-2-24-26(30,21-13-17-28(24)18-14-21)22-11-12-25(29-15-7-4-8-16-29)27-23(22)19-20-9-5-3-6-10-20/h1,3,5-6,9-12,21,24,30H,4,7-8,13-19H2. The minimum atomic E-state index is -1.03. The Hall–Kier alpha value is -2.35. The fourth-order valence-electron chi connectivity index (χ4n) is 5.78. The molecule has 156 valence electrons. The maximum absolute atomic E-state index is 12.1. The van der Waals surface area contributed by atoms with Crippen molar-refractivity contribution in [3.63, 3.8) is 0 Å². The van der Waals surface area contributed by atoms with E-state index in [9.17, 15) is 5.11 Å². The van der Waals surface area contributed by atoms with E-state index in [1.165, 1.54) is 24.8 Å². The average Bonchev–Trinajstić information content (AvgIpc) is 2.81. The second-order valence-electron chi connectivity index (χ2n) is 9.08. The van der Waals surface area contributed by atoms with Crippen molar-refractivity contribution in [3.8, 4) is 12.3 Å². The quantitative estimate of drug-likeness (QED) is 0.795. The summed E-state index contributed by atoms with van der Waals surface area (Å²) in [4.78, 5) is 9.82. The van der Waals surface area contributed by atoms with Crippen LogP contribution in [0.2, 0.25) is 0 Å². The van der Waals surface area contributed by atoms with Gasteiger partial charge in [-0.2, -0.15) is 0 Å². The Kier molecular flexibility index (Phi) is 5.26. The summed E-state index contributed by atoms with van der Waals surface area (Å²) in [7, 11) is 0. The van der Waals surface area contributed by atoms with E-state index in [0.717, 1.165) is 56.1 Å². The van der Waals surface area contributed by atoms with Crippen molar-refractivity contribution < 1.29 is 5.11 Å². The second-order valence-corrected chi connectivity index (χ2v) is 9.08. The van der Waals surface area contributed by atoms with E-state index in [2.05, 4.69) is 52.1 Å². The summed E-state index contributed by atoms with van der Waals surface area (Å²) >= 11 is 0. The Labute approximate surface area is 179 Å². The third-order valence-corrected chi connectivity index (χ3v) is 7.38. The summed E-state index contributed by atoms with van der Waals surface area (Å²) in [5, 5.41) is 12.1. The first-order valence-corrected chi connectivity index (χ1v) is 11.4. The molecule has 2 atom stereocenters. The van der Waals surface area contributed by atoms with Gasteiger partial charge in [-0.1, -0.05) is 42.3 Å². The monoisotopic (exact) mass is 401 g/mol. The number of hydrogen-bond donors (Lipinski definition) is 1. The van der Waals surface area contributed by atoms with Crippen LogP contribution in [0.4, 0.5) is 5.82 Å². The van der Waals surface area contributed by atoms with Crippen LogP contribution < -0.4 is 4.90 Å². The summed E-state index contributed by atoms with van der Waals surface area (Å²) in [6, 6.07) is 14.4. The first-order chi connectivity index (χ1) is 14.7. The summed E-state index contributed by atoms with van der Waals surface area (Å²) in [5.41, 5.74) is 2.09. The minimum absolute atomic E-state index is 0.195. The number of benzene rings is 1. The fraction of sp³-hybridized carbons (Fsp3) is 0.500. The van der Waals surface area contributed by atoms with Crippen molar-refractivity contribution in [2.45, 2.75) is 50.2 Å². The molecule has 30 heavy (non-hydrogen) atoms. The molecular formula is C26H31N3O. The normalized spacial score (nSPS) is 30.8. The van der Waals surface area contributed by atoms with E-state index >= 15 is 0 Å². The summed E-state index contributed by atoms with van der Waals surface area (Å²) < 4.78 is 0. The first kappa shape index (κ1) is 19.6. The lowest BCUT2D eigenvalue weighted by molar-refractivity contribution is -0.143. The molecule has 0 aliphatic carbocycles. The van der Waals surface area contributed by atoms with Gasteiger partial charge in [0, 0.05) is 25.1 Å². The van der Waals surface area contributed by atoms with Crippen molar-refractivity contribution in [1.82, 2.24) is 9.88 Å². The Morgan fingerprint density at radius 2 is 1.73 bits per heavy atom. The minimum Gasteiger partial charge on any atom is -0.382 e. The van der Waals surface area contributed by atoms with E-state index in [-0.39, 0.29) is 12.0 Å². The lowest BCUT2D eigenvalue weighted by Crippen LogP contribution is -2.63. The predicted molar refractivity (Wildman–Crippen MR) is 120 cm³/mol. The molecule has 4 aliphatic rings. The maximum Gasteiger partial charge on any atom is 0.128 e. The largest absolute Gasteiger partial charge is 0.382 e. The molecule has 0 radical (unpaired) electrons. The Balaban J connectivity index is 1.59. The van der Waals surface area contributed by atoms with Crippen LogP contribution >= 0.6 is 0 Å². The molecule has 5 heterocycles. The average molecular weight is 402 g/mol. The maximum atomic E-state index is 12.1. The molecule has 4 heteroatoms. The summed E-state index contributed by atoms with van der Waals surface area (Å²) in [6.45, 7) is 4.08. The zero-order valence-electron chi connectivity index (χ0n) is 17.6. The Morgan fingerprint density at radius 1 is 1.00 bits per heavy atom. The molecule has 1 aromatic heterocycles. The van der Waals surface area contributed by atoms with Crippen molar-refractivity contribution in [1.29, 1.82) is 0 Å². The van der Waals surface area contributed by atoms with E-state index in [1.807, 2.05) is 6.07 Å². The number of fused-ring (bicyclic) bond motifs is 3.